The standard InChI is InChI=1S/C14H29Cl2O4P/c1-4-5-6-7-8-9-10-18-21(17,19-11-13(2)15)20-12-14(3)16/h13-14H,4-12H2,1-3H3. The van der Waals surface area contributed by atoms with Gasteiger partial charge in [0.2, 0.25) is 0 Å². The second-order valence-corrected chi connectivity index (χ2v) is 8.36. The molecule has 0 aliphatic heterocycles. The molecule has 2 atom stereocenters. The molecule has 0 aliphatic rings. The zero-order chi connectivity index (χ0) is 16.1. The topological polar surface area (TPSA) is 44.8 Å². The molecule has 0 N–H and O–H groups in total. The molecule has 0 aromatic carbocycles. The minimum atomic E-state index is -3.56. The van der Waals surface area contributed by atoms with Crippen LogP contribution in [-0.2, 0) is 18.1 Å². The Bertz CT molecular complexity index is 272. The number of rotatable bonds is 14. The van der Waals surface area contributed by atoms with Crippen LogP contribution >= 0.6 is 31.0 Å². The second-order valence-electron chi connectivity index (χ2n) is 5.20. The van der Waals surface area contributed by atoms with Crippen LogP contribution in [0.1, 0.15) is 59.3 Å². The van der Waals surface area contributed by atoms with Crippen molar-refractivity contribution in [3.63, 3.8) is 0 Å². The summed E-state index contributed by atoms with van der Waals surface area (Å²) in [6.07, 6.45) is 6.77. The first-order valence-electron chi connectivity index (χ1n) is 7.71. The van der Waals surface area contributed by atoms with Crippen molar-refractivity contribution >= 4 is 31.0 Å². The van der Waals surface area contributed by atoms with Crippen molar-refractivity contribution < 1.29 is 18.1 Å². The highest BCUT2D eigenvalue weighted by Gasteiger charge is 2.27. The number of hydrogen-bond donors (Lipinski definition) is 0. The Morgan fingerprint density at radius 1 is 0.857 bits per heavy atom. The van der Waals surface area contributed by atoms with E-state index in [1.54, 1.807) is 13.8 Å². The second kappa shape index (κ2) is 13.2. The molecular formula is C14H29Cl2O4P. The number of phosphoric ester groups is 1. The Labute approximate surface area is 139 Å². The fraction of sp³-hybridized carbons (Fsp3) is 1.00. The summed E-state index contributed by atoms with van der Waals surface area (Å²) in [6, 6.07) is 0. The van der Waals surface area contributed by atoms with Gasteiger partial charge in [-0.25, -0.2) is 4.57 Å². The molecule has 4 nitrogen and oxygen atoms in total. The van der Waals surface area contributed by atoms with E-state index in [4.69, 9.17) is 36.8 Å². The summed E-state index contributed by atoms with van der Waals surface area (Å²) in [6.45, 7) is 6.28. The van der Waals surface area contributed by atoms with Crippen LogP contribution in [0.4, 0.5) is 0 Å². The van der Waals surface area contributed by atoms with Crippen LogP contribution in [0.15, 0.2) is 0 Å². The van der Waals surface area contributed by atoms with Gasteiger partial charge in [-0.15, -0.1) is 23.2 Å². The van der Waals surface area contributed by atoms with E-state index in [1.165, 1.54) is 25.7 Å². The lowest BCUT2D eigenvalue weighted by atomic mass is 10.1. The zero-order valence-corrected chi connectivity index (χ0v) is 15.8. The molecule has 128 valence electrons. The predicted molar refractivity (Wildman–Crippen MR) is 89.5 cm³/mol. The van der Waals surface area contributed by atoms with Gasteiger partial charge in [-0.05, 0) is 20.3 Å². The third-order valence-electron chi connectivity index (χ3n) is 2.67. The van der Waals surface area contributed by atoms with Gasteiger partial charge in [0, 0.05) is 0 Å². The number of halogens is 2. The van der Waals surface area contributed by atoms with Crippen molar-refractivity contribution in [2.45, 2.75) is 70.1 Å². The predicted octanol–water partition coefficient (Wildman–Crippen LogP) is 5.76. The maximum Gasteiger partial charge on any atom is 0.474 e. The lowest BCUT2D eigenvalue weighted by molar-refractivity contribution is 0.113. The quantitative estimate of drug-likeness (QED) is 0.224. The molecule has 0 saturated heterocycles. The van der Waals surface area contributed by atoms with Gasteiger partial charge in [0.15, 0.2) is 0 Å². The third kappa shape index (κ3) is 14.0. The molecule has 0 amide bonds. The van der Waals surface area contributed by atoms with Crippen molar-refractivity contribution in [1.82, 2.24) is 0 Å². The van der Waals surface area contributed by atoms with Crippen LogP contribution < -0.4 is 0 Å². The average Bonchev–Trinajstić information content (AvgIpc) is 2.42. The van der Waals surface area contributed by atoms with Crippen LogP contribution in [-0.4, -0.2) is 30.6 Å². The minimum Gasteiger partial charge on any atom is -0.287 e. The maximum absolute atomic E-state index is 12.4. The molecule has 0 saturated carbocycles. The van der Waals surface area contributed by atoms with E-state index in [9.17, 15) is 4.57 Å². The first-order chi connectivity index (χ1) is 9.89. The molecule has 0 bridgehead atoms. The van der Waals surface area contributed by atoms with E-state index >= 15 is 0 Å². The number of alkyl halides is 2. The van der Waals surface area contributed by atoms with Crippen molar-refractivity contribution in [2.24, 2.45) is 0 Å². The van der Waals surface area contributed by atoms with Crippen LogP contribution in [0.3, 0.4) is 0 Å². The number of unbranched alkanes of at least 4 members (excludes halogenated alkanes) is 5. The summed E-state index contributed by atoms with van der Waals surface area (Å²) in [5.74, 6) is 0. The van der Waals surface area contributed by atoms with E-state index in [0.29, 0.717) is 6.61 Å². The first kappa shape index (κ1) is 21.7. The van der Waals surface area contributed by atoms with Gasteiger partial charge in [-0.2, -0.15) is 0 Å². The van der Waals surface area contributed by atoms with Crippen LogP contribution in [0.25, 0.3) is 0 Å². The molecule has 2 unspecified atom stereocenters. The van der Waals surface area contributed by atoms with Crippen molar-refractivity contribution in [3.8, 4) is 0 Å². The van der Waals surface area contributed by atoms with E-state index < -0.39 is 7.82 Å². The largest absolute Gasteiger partial charge is 0.474 e. The van der Waals surface area contributed by atoms with E-state index in [-0.39, 0.29) is 24.0 Å². The van der Waals surface area contributed by atoms with Crippen molar-refractivity contribution in [3.05, 3.63) is 0 Å². The molecular weight excluding hydrogens is 334 g/mol. The molecule has 0 radical (unpaired) electrons. The molecule has 0 fully saturated rings. The molecule has 7 heteroatoms. The van der Waals surface area contributed by atoms with E-state index in [0.717, 1.165) is 12.8 Å². The van der Waals surface area contributed by atoms with Gasteiger partial charge in [0.1, 0.15) is 0 Å². The third-order valence-corrected chi connectivity index (χ3v) is 4.35. The Balaban J connectivity index is 4.00. The van der Waals surface area contributed by atoms with Gasteiger partial charge in [0.05, 0.1) is 30.6 Å². The number of phosphoric acid groups is 1. The summed E-state index contributed by atoms with van der Waals surface area (Å²) in [5.41, 5.74) is 0. The van der Waals surface area contributed by atoms with Crippen LogP contribution in [0.2, 0.25) is 0 Å². The summed E-state index contributed by atoms with van der Waals surface area (Å²) in [5, 5.41) is -0.513. The number of hydrogen-bond acceptors (Lipinski definition) is 4. The molecule has 0 aromatic heterocycles. The highest BCUT2D eigenvalue weighted by Crippen LogP contribution is 2.50. The molecule has 21 heavy (non-hydrogen) atoms. The minimum absolute atomic E-state index is 0.117. The normalized spacial score (nSPS) is 17.4. The lowest BCUT2D eigenvalue weighted by Gasteiger charge is -2.19. The molecule has 0 spiro atoms. The van der Waals surface area contributed by atoms with Gasteiger partial charge in [0.25, 0.3) is 0 Å². The van der Waals surface area contributed by atoms with Crippen molar-refractivity contribution in [2.75, 3.05) is 19.8 Å². The zero-order valence-electron chi connectivity index (χ0n) is 13.4. The lowest BCUT2D eigenvalue weighted by Crippen LogP contribution is -2.11. The first-order valence-corrected chi connectivity index (χ1v) is 10.0. The maximum atomic E-state index is 12.4. The fourth-order valence-corrected chi connectivity index (χ4v) is 3.25. The SMILES string of the molecule is CCCCCCCCOP(=O)(OCC(C)Cl)OCC(C)Cl. The highest BCUT2D eigenvalue weighted by atomic mass is 35.5. The Morgan fingerprint density at radius 3 is 1.81 bits per heavy atom. The Morgan fingerprint density at radius 2 is 1.33 bits per heavy atom. The summed E-state index contributed by atoms with van der Waals surface area (Å²) >= 11 is 11.6. The van der Waals surface area contributed by atoms with Gasteiger partial charge < -0.3 is 0 Å². The molecule has 0 heterocycles. The summed E-state index contributed by atoms with van der Waals surface area (Å²) in [7, 11) is -3.56. The summed E-state index contributed by atoms with van der Waals surface area (Å²) < 4.78 is 28.1. The molecule has 0 rings (SSSR count). The van der Waals surface area contributed by atoms with Crippen LogP contribution in [0.5, 0.6) is 0 Å². The van der Waals surface area contributed by atoms with Gasteiger partial charge >= 0.3 is 7.82 Å². The molecule has 0 aliphatic carbocycles. The Kier molecular flexibility index (Phi) is 13.6. The van der Waals surface area contributed by atoms with Crippen LogP contribution in [0, 0.1) is 0 Å². The molecule has 0 aromatic rings. The van der Waals surface area contributed by atoms with Crippen molar-refractivity contribution in [1.29, 1.82) is 0 Å². The monoisotopic (exact) mass is 362 g/mol. The average molecular weight is 363 g/mol. The summed E-state index contributed by atoms with van der Waals surface area (Å²) in [4.78, 5) is 0. The van der Waals surface area contributed by atoms with E-state index in [1.807, 2.05) is 0 Å². The van der Waals surface area contributed by atoms with Gasteiger partial charge in [-0.1, -0.05) is 39.0 Å². The highest BCUT2D eigenvalue weighted by molar-refractivity contribution is 7.48. The van der Waals surface area contributed by atoms with E-state index in [2.05, 4.69) is 6.92 Å². The Hall–Kier alpha value is 0.690. The smallest absolute Gasteiger partial charge is 0.287 e. The van der Waals surface area contributed by atoms with Gasteiger partial charge in [-0.3, -0.25) is 13.6 Å². The fourth-order valence-electron chi connectivity index (χ4n) is 1.56.